The van der Waals surface area contributed by atoms with Crippen LogP contribution in [0.2, 0.25) is 0 Å². The van der Waals surface area contributed by atoms with Crippen molar-refractivity contribution < 1.29 is 79.0 Å². The summed E-state index contributed by atoms with van der Waals surface area (Å²) < 4.78 is 260. The van der Waals surface area contributed by atoms with Crippen LogP contribution in [0.5, 0.6) is 0 Å². The highest BCUT2D eigenvalue weighted by Crippen LogP contribution is 2.43. The fourth-order valence-corrected chi connectivity index (χ4v) is 4.40. The van der Waals surface area contributed by atoms with Crippen LogP contribution in [0.25, 0.3) is 34.2 Å². The summed E-state index contributed by atoms with van der Waals surface area (Å²) in [5, 5.41) is 0. The van der Waals surface area contributed by atoms with Crippen LogP contribution in [0.4, 0.5) is 79.0 Å². The van der Waals surface area contributed by atoms with E-state index >= 15 is 22.0 Å². The molecule has 0 bridgehead atoms. The monoisotopic (exact) mass is 767 g/mol. The van der Waals surface area contributed by atoms with E-state index in [-0.39, 0.29) is 6.08 Å². The third-order valence-electron chi connectivity index (χ3n) is 6.92. The van der Waals surface area contributed by atoms with Crippen LogP contribution >= 0.6 is 0 Å². The number of hydrogen-bond acceptors (Lipinski definition) is 3. The number of hydrogen-bond donors (Lipinski definition) is 0. The van der Waals surface area contributed by atoms with Gasteiger partial charge in [-0.15, -0.1) is 0 Å². The molecule has 3 nitrogen and oxygen atoms in total. The maximum absolute atomic E-state index is 15.8. The Bertz CT molecular complexity index is 2190. The lowest BCUT2D eigenvalue weighted by Crippen LogP contribution is -2.12. The Kier molecular flexibility index (Phi) is 11.4. The highest BCUT2D eigenvalue weighted by Gasteiger charge is 2.36. The van der Waals surface area contributed by atoms with Crippen molar-refractivity contribution in [2.24, 2.45) is 0 Å². The molecule has 1 heterocycles. The number of aromatic nitrogens is 3. The van der Waals surface area contributed by atoms with Crippen LogP contribution in [-0.2, 0) is 6.67 Å². The van der Waals surface area contributed by atoms with Crippen LogP contribution in [-0.4, -0.2) is 15.0 Å². The topological polar surface area (TPSA) is 38.7 Å². The molecule has 1 aliphatic rings. The molecular formula is C31H11F18N3. The highest BCUT2D eigenvalue weighted by molar-refractivity contribution is 5.79. The lowest BCUT2D eigenvalue weighted by Gasteiger charge is -2.17. The molecule has 4 rings (SSSR count). The maximum atomic E-state index is 15.8. The predicted molar refractivity (Wildman–Crippen MR) is 144 cm³/mol. The lowest BCUT2D eigenvalue weighted by atomic mass is 9.94. The van der Waals surface area contributed by atoms with E-state index in [0.717, 1.165) is 0 Å². The second kappa shape index (κ2) is 15.1. The van der Waals surface area contributed by atoms with Crippen LogP contribution in [0.3, 0.4) is 0 Å². The van der Waals surface area contributed by atoms with Gasteiger partial charge in [-0.25, -0.2) is 94.0 Å². The minimum absolute atomic E-state index is 0.347. The molecule has 0 aliphatic heterocycles. The number of nitrogens with zero attached hydrogens (tertiary/aromatic N) is 3. The van der Waals surface area contributed by atoms with Gasteiger partial charge in [0.2, 0.25) is 5.82 Å². The number of halogens is 18. The molecule has 0 radical (unpaired) electrons. The molecule has 0 fully saturated rings. The van der Waals surface area contributed by atoms with E-state index in [1.807, 2.05) is 0 Å². The van der Waals surface area contributed by atoms with Gasteiger partial charge in [0.1, 0.15) is 35.8 Å². The van der Waals surface area contributed by atoms with Crippen LogP contribution < -0.4 is 0 Å². The molecule has 3 aromatic rings. The number of rotatable bonds is 7. The average Bonchev–Trinajstić information content (AvgIpc) is 3.10. The molecule has 0 N–H and O–H groups in total. The van der Waals surface area contributed by atoms with Gasteiger partial charge in [-0.3, -0.25) is 0 Å². The van der Waals surface area contributed by atoms with Crippen molar-refractivity contribution in [2.75, 3.05) is 0 Å². The minimum Gasteiger partial charge on any atom is -0.246 e. The van der Waals surface area contributed by atoms with E-state index in [9.17, 15) is 57.1 Å². The Hall–Kier alpha value is -5.37. The summed E-state index contributed by atoms with van der Waals surface area (Å²) in [6.07, 6.45) is -4.53. The van der Waals surface area contributed by atoms with Gasteiger partial charge in [-0.05, 0) is 6.92 Å². The highest BCUT2D eigenvalue weighted by atomic mass is 19.2. The standard InChI is InChI=1S/C31H11F18N3/c1-7(5-32)19(39)22(42)13(38)4-14-50-30(16-11(36)2-9(34)10(35)3-12(37)21(16)41)52-31(51-14)18-20(40)8(6-33)15(23(43)26(18)46)17-24(44)27(47)29(49)28(48)25(17)45/h4-5H,2-3,6H2,1H3/b7-5+,10-9-,13-4-,16-11-,21-12-,22-19-. The van der Waals surface area contributed by atoms with Crippen molar-refractivity contribution in [2.45, 2.75) is 26.4 Å². The second-order valence-electron chi connectivity index (χ2n) is 10.2. The van der Waals surface area contributed by atoms with E-state index in [1.165, 1.54) is 0 Å². The summed E-state index contributed by atoms with van der Waals surface area (Å²) in [7, 11) is 0. The third-order valence-corrected chi connectivity index (χ3v) is 6.92. The van der Waals surface area contributed by atoms with Gasteiger partial charge in [-0.2, -0.15) is 0 Å². The van der Waals surface area contributed by atoms with Gasteiger partial charge in [0, 0.05) is 22.8 Å². The second-order valence-corrected chi connectivity index (χ2v) is 10.2. The van der Waals surface area contributed by atoms with Crippen LogP contribution in [0.15, 0.2) is 58.5 Å². The van der Waals surface area contributed by atoms with Gasteiger partial charge in [0.05, 0.1) is 35.9 Å². The molecule has 0 saturated heterocycles. The van der Waals surface area contributed by atoms with Crippen molar-refractivity contribution in [3.05, 3.63) is 122 Å². The average molecular weight is 767 g/mol. The normalized spacial score (nSPS) is 19.6. The fraction of sp³-hybridized carbons (Fsp3) is 0.129. The van der Waals surface area contributed by atoms with Gasteiger partial charge in [0.25, 0.3) is 0 Å². The summed E-state index contributed by atoms with van der Waals surface area (Å²) in [5.74, 6) is -45.7. The first kappa shape index (κ1) is 39.4. The molecule has 0 unspecified atom stereocenters. The number of benzene rings is 2. The van der Waals surface area contributed by atoms with Crippen molar-refractivity contribution in [3.8, 4) is 22.5 Å². The Morgan fingerprint density at radius 2 is 1.04 bits per heavy atom. The molecule has 276 valence electrons. The summed E-state index contributed by atoms with van der Waals surface area (Å²) in [5.41, 5.74) is -11.9. The van der Waals surface area contributed by atoms with Crippen molar-refractivity contribution in [1.82, 2.24) is 15.0 Å². The van der Waals surface area contributed by atoms with E-state index in [4.69, 9.17) is 0 Å². The van der Waals surface area contributed by atoms with E-state index in [1.54, 1.807) is 0 Å². The zero-order valence-electron chi connectivity index (χ0n) is 24.9. The first-order valence-corrected chi connectivity index (χ1v) is 13.5. The zero-order valence-corrected chi connectivity index (χ0v) is 24.9. The Balaban J connectivity index is 2.16. The molecule has 1 aliphatic carbocycles. The maximum Gasteiger partial charge on any atom is 0.200 e. The first-order valence-electron chi connectivity index (χ1n) is 13.5. The minimum atomic E-state index is -2.86. The molecule has 1 aromatic heterocycles. The quantitative estimate of drug-likeness (QED) is 0.104. The van der Waals surface area contributed by atoms with Crippen molar-refractivity contribution >= 4 is 11.6 Å². The molecule has 0 amide bonds. The van der Waals surface area contributed by atoms with Crippen molar-refractivity contribution in [3.63, 3.8) is 0 Å². The van der Waals surface area contributed by atoms with Crippen LogP contribution in [0, 0.1) is 46.5 Å². The third kappa shape index (κ3) is 6.94. The van der Waals surface area contributed by atoms with Gasteiger partial charge < -0.3 is 0 Å². The largest absolute Gasteiger partial charge is 0.246 e. The molecular weight excluding hydrogens is 756 g/mol. The zero-order chi connectivity index (χ0) is 39.1. The summed E-state index contributed by atoms with van der Waals surface area (Å²) in [6.45, 7) is -1.87. The molecule has 0 saturated carbocycles. The predicted octanol–water partition coefficient (Wildman–Crippen LogP) is 11.9. The smallest absolute Gasteiger partial charge is 0.200 e. The molecule has 21 heteroatoms. The van der Waals surface area contributed by atoms with E-state index in [0.29, 0.717) is 6.92 Å². The van der Waals surface area contributed by atoms with E-state index < -0.39 is 170 Å². The fourth-order valence-electron chi connectivity index (χ4n) is 4.40. The Morgan fingerprint density at radius 3 is 1.58 bits per heavy atom. The molecule has 52 heavy (non-hydrogen) atoms. The molecule has 0 spiro atoms. The molecule has 0 atom stereocenters. The Labute approximate surface area is 277 Å². The number of alkyl halides is 1. The van der Waals surface area contributed by atoms with Crippen LogP contribution in [0.1, 0.15) is 37.0 Å². The van der Waals surface area contributed by atoms with Crippen molar-refractivity contribution in [1.29, 1.82) is 0 Å². The van der Waals surface area contributed by atoms with Gasteiger partial charge in [-0.1, -0.05) is 0 Å². The number of allylic oxidation sites excluding steroid dienone is 10. The first-order chi connectivity index (χ1) is 24.3. The van der Waals surface area contributed by atoms with Gasteiger partial charge in [0.15, 0.2) is 75.7 Å². The van der Waals surface area contributed by atoms with Gasteiger partial charge >= 0.3 is 0 Å². The summed E-state index contributed by atoms with van der Waals surface area (Å²) in [6, 6.07) is 0. The Morgan fingerprint density at radius 1 is 0.558 bits per heavy atom. The van der Waals surface area contributed by atoms with E-state index in [2.05, 4.69) is 15.0 Å². The molecule has 2 aromatic carbocycles. The summed E-state index contributed by atoms with van der Waals surface area (Å²) in [4.78, 5) is 9.49. The SMILES string of the molecule is CC(=C\F)/C(F)=C(F)\C(F)=C\c1nc(C2=C(\F)C/C(F)=C(/F)C/C(F)=C\2F)nc(-c2c(F)c(F)c(-c3c(F)c(F)c(F)c(F)c3F)c(CF)c2F)n1. The summed E-state index contributed by atoms with van der Waals surface area (Å²) >= 11 is 0. The lowest BCUT2D eigenvalue weighted by molar-refractivity contribution is 0.380.